The van der Waals surface area contributed by atoms with E-state index in [2.05, 4.69) is 57.2 Å². The van der Waals surface area contributed by atoms with Crippen LogP contribution in [0.1, 0.15) is 22.3 Å². The molecule has 0 atom stereocenters. The second-order valence-electron chi connectivity index (χ2n) is 9.98. The van der Waals surface area contributed by atoms with Gasteiger partial charge in [-0.05, 0) is 0 Å². The third-order valence-corrected chi connectivity index (χ3v) is 14.7. The molecule has 39 heavy (non-hydrogen) atoms. The summed E-state index contributed by atoms with van der Waals surface area (Å²) < 4.78 is 29.7. The molecule has 0 bridgehead atoms. The Balaban J connectivity index is 1.36. The van der Waals surface area contributed by atoms with Crippen molar-refractivity contribution < 1.29 is 8.42 Å². The summed E-state index contributed by atoms with van der Waals surface area (Å²) in [6, 6.07) is 30.7. The zero-order valence-corrected chi connectivity index (χ0v) is 24.6. The molecule has 3 aromatic carbocycles. The Kier molecular flexibility index (Phi) is 4.36. The first-order valence-electron chi connectivity index (χ1n) is 12.6. The van der Waals surface area contributed by atoms with E-state index in [1.807, 2.05) is 36.5 Å². The number of aromatic nitrogens is 1. The van der Waals surface area contributed by atoms with Crippen LogP contribution in [0.25, 0.3) is 20.0 Å². The van der Waals surface area contributed by atoms with Crippen molar-refractivity contribution in [2.75, 3.05) is 4.90 Å². The van der Waals surface area contributed by atoms with Gasteiger partial charge in [0, 0.05) is 0 Å². The molecule has 7 heteroatoms. The van der Waals surface area contributed by atoms with Gasteiger partial charge in [0.05, 0.1) is 0 Å². The van der Waals surface area contributed by atoms with Gasteiger partial charge in [-0.1, -0.05) is 6.07 Å². The van der Waals surface area contributed by atoms with E-state index in [-0.39, 0.29) is 5.41 Å². The number of sulfone groups is 1. The predicted molar refractivity (Wildman–Crippen MR) is 155 cm³/mol. The van der Waals surface area contributed by atoms with Crippen molar-refractivity contribution in [2.45, 2.75) is 15.2 Å². The quantitative estimate of drug-likeness (QED) is 0.200. The van der Waals surface area contributed by atoms with Gasteiger partial charge in [0.2, 0.25) is 0 Å². The van der Waals surface area contributed by atoms with Gasteiger partial charge < -0.3 is 0 Å². The Morgan fingerprint density at radius 3 is 2.18 bits per heavy atom. The average molecular weight is 652 g/mol. The first-order valence-corrected chi connectivity index (χ1v) is 17.8. The Hall–Kier alpha value is -3.44. The van der Waals surface area contributed by atoms with Crippen LogP contribution in [0.3, 0.4) is 0 Å². The molecule has 4 nitrogen and oxygen atoms in total. The van der Waals surface area contributed by atoms with E-state index in [0.29, 0.717) is 38.8 Å². The average Bonchev–Trinajstić information content (AvgIpc) is 3.73. The zero-order chi connectivity index (χ0) is 25.9. The molecule has 2 aliphatic heterocycles. The van der Waals surface area contributed by atoms with Crippen molar-refractivity contribution in [3.63, 3.8) is 0 Å². The maximum absolute atomic E-state index is 13.3. The number of rotatable bonds is 1. The number of pyridine rings is 1. The summed E-state index contributed by atoms with van der Waals surface area (Å²) in [6.07, 6.45) is 1.86. The van der Waals surface area contributed by atoms with Crippen LogP contribution in [-0.2, 0) is 15.3 Å². The van der Waals surface area contributed by atoms with Crippen LogP contribution in [-0.4, -0.2) is 42.4 Å². The minimum absolute atomic E-state index is 0.348. The van der Waals surface area contributed by atoms with Crippen molar-refractivity contribution in [1.29, 1.82) is 0 Å². The van der Waals surface area contributed by atoms with E-state index in [1.54, 1.807) is 27.1 Å². The molecule has 0 amide bonds. The van der Waals surface area contributed by atoms with Gasteiger partial charge in [0.15, 0.2) is 0 Å². The Morgan fingerprint density at radius 2 is 1.36 bits per heavy atom. The van der Waals surface area contributed by atoms with Gasteiger partial charge in [-0.2, -0.15) is 0 Å². The standard InChI is InChI=1S/C32H18N2O2SSe2/c35-37(36)27-10-4-1-6-20(27)21-18-19(11-12-28(21)37)34-26-9-3-2-7-22(26)32(25-8-5-15-33-31(25)34)23-13-16-38-29(23)30-24(32)14-17-39-30/h1-18H. The summed E-state index contributed by atoms with van der Waals surface area (Å²) in [5.74, 6) is 0.895. The molecule has 5 heterocycles. The summed E-state index contributed by atoms with van der Waals surface area (Å²) in [6.45, 7) is 0. The van der Waals surface area contributed by atoms with Gasteiger partial charge in [-0.25, -0.2) is 0 Å². The third kappa shape index (κ3) is 2.61. The van der Waals surface area contributed by atoms with Crippen LogP contribution in [0.4, 0.5) is 17.2 Å². The summed E-state index contributed by atoms with van der Waals surface area (Å²) >= 11 is 0.695. The summed E-state index contributed by atoms with van der Waals surface area (Å²) in [5, 5.41) is 0. The van der Waals surface area contributed by atoms with Crippen molar-refractivity contribution >= 4 is 56.0 Å². The Morgan fingerprint density at radius 1 is 0.667 bits per heavy atom. The van der Waals surface area contributed by atoms with Crippen molar-refractivity contribution in [3.8, 4) is 20.0 Å². The third-order valence-electron chi connectivity index (χ3n) is 8.27. The fourth-order valence-corrected chi connectivity index (χ4v) is 13.3. The molecule has 0 saturated carbocycles. The molecule has 1 aliphatic carbocycles. The van der Waals surface area contributed by atoms with Gasteiger partial charge >= 0.3 is 233 Å². The van der Waals surface area contributed by atoms with Crippen LogP contribution in [0, 0.1) is 0 Å². The SMILES string of the molecule is O=S1(=O)c2ccccc2-c2cc(N3c4ccccc4C4(c5cccnc53)c3cc[se]c3-c3[se]ccc34)ccc21. The number of hydrogen-bond acceptors (Lipinski definition) is 4. The van der Waals surface area contributed by atoms with Gasteiger partial charge in [-0.15, -0.1) is 0 Å². The first kappa shape index (κ1) is 22.4. The molecule has 3 aromatic heterocycles. The van der Waals surface area contributed by atoms with Crippen LogP contribution in [0.15, 0.2) is 117 Å². The molecule has 186 valence electrons. The van der Waals surface area contributed by atoms with E-state index < -0.39 is 9.84 Å². The molecule has 0 unspecified atom stereocenters. The van der Waals surface area contributed by atoms with Crippen LogP contribution in [0.5, 0.6) is 0 Å². The van der Waals surface area contributed by atoms with Gasteiger partial charge in [0.1, 0.15) is 0 Å². The van der Waals surface area contributed by atoms with Crippen molar-refractivity contribution in [2.24, 2.45) is 0 Å². The summed E-state index contributed by atoms with van der Waals surface area (Å²) in [4.78, 5) is 12.7. The molecule has 0 N–H and O–H groups in total. The molecular formula is C32H18N2O2SSe2. The predicted octanol–water partition coefficient (Wildman–Crippen LogP) is 6.16. The van der Waals surface area contributed by atoms with Crippen molar-refractivity contribution in [1.82, 2.24) is 4.98 Å². The van der Waals surface area contributed by atoms with Gasteiger partial charge in [0.25, 0.3) is 0 Å². The topological polar surface area (TPSA) is 50.3 Å². The molecule has 0 radical (unpaired) electrons. The van der Waals surface area contributed by atoms with E-state index >= 15 is 0 Å². The molecule has 3 aliphatic rings. The molecule has 6 aromatic rings. The first-order chi connectivity index (χ1) is 19.1. The van der Waals surface area contributed by atoms with Crippen LogP contribution in [0.2, 0.25) is 0 Å². The normalized spacial score (nSPS) is 16.3. The fraction of sp³-hybridized carbons (Fsp3) is 0.0312. The van der Waals surface area contributed by atoms with E-state index in [1.165, 1.54) is 22.3 Å². The monoisotopic (exact) mass is 654 g/mol. The zero-order valence-electron chi connectivity index (χ0n) is 20.3. The Bertz CT molecular complexity index is 2040. The number of para-hydroxylation sites is 1. The second-order valence-corrected chi connectivity index (χ2v) is 15.7. The van der Waals surface area contributed by atoms with Crippen LogP contribution < -0.4 is 4.90 Å². The summed E-state index contributed by atoms with van der Waals surface area (Å²) in [7, 11) is -3.53. The molecule has 0 fully saturated rings. The second kappa shape index (κ2) is 7.60. The van der Waals surface area contributed by atoms with E-state index in [9.17, 15) is 8.42 Å². The fourth-order valence-electron chi connectivity index (χ4n) is 6.80. The molecule has 9 rings (SSSR count). The number of benzene rings is 3. The minimum atomic E-state index is -3.53. The Labute approximate surface area is 237 Å². The summed E-state index contributed by atoms with van der Waals surface area (Å²) in [5.41, 5.74) is 8.37. The van der Waals surface area contributed by atoms with Crippen LogP contribution >= 0.6 is 0 Å². The van der Waals surface area contributed by atoms with Crippen molar-refractivity contribution in [3.05, 3.63) is 129 Å². The number of anilines is 3. The maximum atomic E-state index is 13.3. The molecule has 0 saturated heterocycles. The molecular weight excluding hydrogens is 634 g/mol. The van der Waals surface area contributed by atoms with E-state index in [4.69, 9.17) is 4.98 Å². The molecule has 1 spiro atoms. The number of fused-ring (bicyclic) bond motifs is 12. The number of hydrogen-bond donors (Lipinski definition) is 0. The van der Waals surface area contributed by atoms with Gasteiger partial charge in [-0.3, -0.25) is 0 Å². The number of nitrogens with zero attached hydrogens (tertiary/aromatic N) is 2. The van der Waals surface area contributed by atoms with E-state index in [0.717, 1.165) is 28.3 Å².